The quantitative estimate of drug-likeness (QED) is 0.715. The van der Waals surface area contributed by atoms with Crippen molar-refractivity contribution in [2.24, 2.45) is 11.8 Å². The maximum Gasteiger partial charge on any atom is 0.242 e. The Bertz CT molecular complexity index is 507. The van der Waals surface area contributed by atoms with E-state index in [0.29, 0.717) is 6.54 Å². The van der Waals surface area contributed by atoms with Gasteiger partial charge >= 0.3 is 0 Å². The van der Waals surface area contributed by atoms with Crippen LogP contribution >= 0.6 is 0 Å². The predicted octanol–water partition coefficient (Wildman–Crippen LogP) is 2.11. The van der Waals surface area contributed by atoms with Gasteiger partial charge in [0.1, 0.15) is 6.04 Å². The van der Waals surface area contributed by atoms with E-state index < -0.39 is 6.04 Å². The van der Waals surface area contributed by atoms with Gasteiger partial charge in [-0.05, 0) is 31.2 Å². The molecule has 0 saturated heterocycles. The minimum absolute atomic E-state index is 0.0418. The van der Waals surface area contributed by atoms with E-state index in [2.05, 4.69) is 15.7 Å². The molecule has 1 aromatic heterocycles. The third kappa shape index (κ3) is 5.65. The number of nitrogens with zero attached hydrogens (tertiary/aromatic N) is 2. The van der Waals surface area contributed by atoms with Crippen LogP contribution in [-0.2, 0) is 16.1 Å². The highest BCUT2D eigenvalue weighted by molar-refractivity contribution is 5.88. The Morgan fingerprint density at radius 1 is 1.25 bits per heavy atom. The molecular formula is C18H30N4O2. The lowest BCUT2D eigenvalue weighted by Gasteiger charge is -2.26. The molecule has 1 aliphatic carbocycles. The summed E-state index contributed by atoms with van der Waals surface area (Å²) >= 11 is 0. The van der Waals surface area contributed by atoms with E-state index in [1.807, 2.05) is 30.8 Å². The molecule has 2 amide bonds. The van der Waals surface area contributed by atoms with Gasteiger partial charge < -0.3 is 10.6 Å². The van der Waals surface area contributed by atoms with Crippen molar-refractivity contribution in [3.8, 4) is 0 Å². The molecule has 0 spiro atoms. The molecule has 0 bridgehead atoms. The zero-order valence-electron chi connectivity index (χ0n) is 14.8. The SMILES string of the molecule is CC(C)C(NC(=O)C1CCCCC1)C(=O)NCCCn1cccn1. The highest BCUT2D eigenvalue weighted by Crippen LogP contribution is 2.24. The highest BCUT2D eigenvalue weighted by atomic mass is 16.2. The van der Waals surface area contributed by atoms with Gasteiger partial charge in [-0.15, -0.1) is 0 Å². The first-order valence-corrected chi connectivity index (χ1v) is 9.13. The Morgan fingerprint density at radius 2 is 2.00 bits per heavy atom. The number of amides is 2. The van der Waals surface area contributed by atoms with Crippen LogP contribution in [0.1, 0.15) is 52.4 Å². The Morgan fingerprint density at radius 3 is 2.62 bits per heavy atom. The fraction of sp³-hybridized carbons (Fsp3) is 0.722. The van der Waals surface area contributed by atoms with Gasteiger partial charge in [-0.3, -0.25) is 14.3 Å². The summed E-state index contributed by atoms with van der Waals surface area (Å²) in [5.41, 5.74) is 0. The summed E-state index contributed by atoms with van der Waals surface area (Å²) in [6.45, 7) is 5.29. The maximum atomic E-state index is 12.4. The summed E-state index contributed by atoms with van der Waals surface area (Å²) in [5, 5.41) is 10.0. The summed E-state index contributed by atoms with van der Waals surface area (Å²) < 4.78 is 1.84. The van der Waals surface area contributed by atoms with Crippen LogP contribution in [0, 0.1) is 11.8 Å². The van der Waals surface area contributed by atoms with Crippen molar-refractivity contribution in [1.29, 1.82) is 0 Å². The predicted molar refractivity (Wildman–Crippen MR) is 93.2 cm³/mol. The molecule has 2 rings (SSSR count). The molecule has 0 aromatic carbocycles. The van der Waals surface area contributed by atoms with Gasteiger partial charge in [-0.25, -0.2) is 0 Å². The first kappa shape index (κ1) is 18.5. The van der Waals surface area contributed by atoms with Gasteiger partial charge in [-0.2, -0.15) is 5.10 Å². The topological polar surface area (TPSA) is 76.0 Å². The Balaban J connectivity index is 1.75. The van der Waals surface area contributed by atoms with Crippen LogP contribution in [0.5, 0.6) is 0 Å². The van der Waals surface area contributed by atoms with Gasteiger partial charge in [0, 0.05) is 31.4 Å². The van der Waals surface area contributed by atoms with Crippen LogP contribution in [0.25, 0.3) is 0 Å². The van der Waals surface area contributed by atoms with Crippen molar-refractivity contribution < 1.29 is 9.59 Å². The Hall–Kier alpha value is -1.85. The monoisotopic (exact) mass is 334 g/mol. The number of carbonyl (C=O) groups excluding carboxylic acids is 2. The molecule has 1 atom stereocenters. The van der Waals surface area contributed by atoms with Crippen LogP contribution < -0.4 is 10.6 Å². The van der Waals surface area contributed by atoms with Gasteiger partial charge in [-0.1, -0.05) is 33.1 Å². The normalized spacial score (nSPS) is 16.8. The van der Waals surface area contributed by atoms with E-state index in [0.717, 1.165) is 38.6 Å². The largest absolute Gasteiger partial charge is 0.354 e. The summed E-state index contributed by atoms with van der Waals surface area (Å²) in [6, 6.07) is 1.43. The van der Waals surface area contributed by atoms with Crippen molar-refractivity contribution in [2.75, 3.05) is 6.54 Å². The lowest BCUT2D eigenvalue weighted by molar-refractivity contribution is -0.132. The fourth-order valence-corrected chi connectivity index (χ4v) is 3.17. The zero-order valence-corrected chi connectivity index (χ0v) is 14.8. The standard InChI is InChI=1S/C18H30N4O2/c1-14(2)16(21-17(23)15-8-4-3-5-9-15)18(24)19-10-6-12-22-13-7-11-20-22/h7,11,13-16H,3-6,8-10,12H2,1-2H3,(H,19,24)(H,21,23). The second-order valence-electron chi connectivity index (χ2n) is 6.98. The van der Waals surface area contributed by atoms with Gasteiger partial charge in [0.15, 0.2) is 0 Å². The summed E-state index contributed by atoms with van der Waals surface area (Å²) in [7, 11) is 0. The molecule has 1 aromatic rings. The van der Waals surface area contributed by atoms with Crippen LogP contribution in [0.3, 0.4) is 0 Å². The molecular weight excluding hydrogens is 304 g/mol. The average molecular weight is 334 g/mol. The molecule has 0 radical (unpaired) electrons. The number of aromatic nitrogens is 2. The number of carbonyl (C=O) groups is 2. The van der Waals surface area contributed by atoms with Crippen LogP contribution in [0.2, 0.25) is 0 Å². The van der Waals surface area contributed by atoms with Crippen LogP contribution in [0.4, 0.5) is 0 Å². The van der Waals surface area contributed by atoms with Gasteiger partial charge in [0.25, 0.3) is 0 Å². The van der Waals surface area contributed by atoms with E-state index in [4.69, 9.17) is 0 Å². The summed E-state index contributed by atoms with van der Waals surface area (Å²) in [4.78, 5) is 24.8. The second-order valence-corrected chi connectivity index (χ2v) is 6.98. The van der Waals surface area contributed by atoms with Gasteiger partial charge in [0.05, 0.1) is 0 Å². The number of nitrogens with one attached hydrogen (secondary N) is 2. The average Bonchev–Trinajstić information content (AvgIpc) is 3.10. The minimum atomic E-state index is -0.455. The molecule has 0 aliphatic heterocycles. The van der Waals surface area contributed by atoms with Crippen molar-refractivity contribution in [3.63, 3.8) is 0 Å². The third-order valence-electron chi connectivity index (χ3n) is 4.65. The number of hydrogen-bond acceptors (Lipinski definition) is 3. The van der Waals surface area contributed by atoms with Crippen molar-refractivity contribution in [3.05, 3.63) is 18.5 Å². The molecule has 6 heteroatoms. The zero-order chi connectivity index (χ0) is 17.4. The lowest BCUT2D eigenvalue weighted by atomic mass is 9.88. The van der Waals surface area contributed by atoms with E-state index in [-0.39, 0.29) is 23.7 Å². The van der Waals surface area contributed by atoms with Crippen molar-refractivity contribution in [2.45, 2.75) is 65.0 Å². The Labute approximate surface area is 144 Å². The summed E-state index contributed by atoms with van der Waals surface area (Å²) in [5.74, 6) is 0.103. The first-order valence-electron chi connectivity index (χ1n) is 9.13. The smallest absolute Gasteiger partial charge is 0.242 e. The summed E-state index contributed by atoms with van der Waals surface area (Å²) in [6.07, 6.45) is 9.80. The molecule has 1 aliphatic rings. The Kier molecular flexibility index (Phi) is 7.28. The second kappa shape index (κ2) is 9.45. The van der Waals surface area contributed by atoms with Crippen molar-refractivity contribution >= 4 is 11.8 Å². The molecule has 24 heavy (non-hydrogen) atoms. The van der Waals surface area contributed by atoms with Crippen LogP contribution in [-0.4, -0.2) is 34.2 Å². The van der Waals surface area contributed by atoms with Crippen LogP contribution in [0.15, 0.2) is 18.5 Å². The maximum absolute atomic E-state index is 12.4. The molecule has 1 unspecified atom stereocenters. The number of aryl methyl sites for hydroxylation is 1. The van der Waals surface area contributed by atoms with E-state index in [9.17, 15) is 9.59 Å². The van der Waals surface area contributed by atoms with E-state index in [1.165, 1.54) is 6.42 Å². The molecule has 2 N–H and O–H groups in total. The third-order valence-corrected chi connectivity index (χ3v) is 4.65. The first-order chi connectivity index (χ1) is 11.6. The molecule has 1 heterocycles. The van der Waals surface area contributed by atoms with E-state index in [1.54, 1.807) is 6.20 Å². The number of rotatable bonds is 8. The molecule has 1 fully saturated rings. The lowest BCUT2D eigenvalue weighted by Crippen LogP contribution is -2.51. The molecule has 1 saturated carbocycles. The number of hydrogen-bond donors (Lipinski definition) is 2. The van der Waals surface area contributed by atoms with Gasteiger partial charge in [0.2, 0.25) is 11.8 Å². The highest BCUT2D eigenvalue weighted by Gasteiger charge is 2.28. The van der Waals surface area contributed by atoms with Crippen molar-refractivity contribution in [1.82, 2.24) is 20.4 Å². The molecule has 6 nitrogen and oxygen atoms in total. The minimum Gasteiger partial charge on any atom is -0.354 e. The fourth-order valence-electron chi connectivity index (χ4n) is 3.17. The molecule has 134 valence electrons. The van der Waals surface area contributed by atoms with E-state index >= 15 is 0 Å².